The molecule has 0 aliphatic carbocycles. The summed E-state index contributed by atoms with van der Waals surface area (Å²) in [6.07, 6.45) is 1.01. The van der Waals surface area contributed by atoms with E-state index in [1.54, 1.807) is 7.11 Å². The summed E-state index contributed by atoms with van der Waals surface area (Å²) in [7, 11) is 1.69. The van der Waals surface area contributed by atoms with Crippen molar-refractivity contribution < 1.29 is 9.47 Å². The van der Waals surface area contributed by atoms with Crippen molar-refractivity contribution in [1.82, 2.24) is 0 Å². The first kappa shape index (κ1) is 15.8. The molecule has 0 saturated heterocycles. The monoisotopic (exact) mass is 266 g/mol. The third-order valence-corrected chi connectivity index (χ3v) is 3.15. The van der Waals surface area contributed by atoms with Crippen LogP contribution in [0.25, 0.3) is 0 Å². The molecular weight excluding hydrogens is 240 g/mol. The molecule has 0 aliphatic rings. The lowest BCUT2D eigenvalue weighted by Gasteiger charge is -2.23. The Balaban J connectivity index is 2.38. The van der Waals surface area contributed by atoms with Gasteiger partial charge in [-0.15, -0.1) is 0 Å². The molecule has 0 fully saturated rings. The van der Waals surface area contributed by atoms with Gasteiger partial charge in [-0.05, 0) is 44.0 Å². The minimum absolute atomic E-state index is 0.661. The van der Waals surface area contributed by atoms with E-state index >= 15 is 0 Å². The summed E-state index contributed by atoms with van der Waals surface area (Å²) in [4.78, 5) is 2.34. The first-order valence-electron chi connectivity index (χ1n) is 6.86. The molecule has 1 rings (SSSR count). The Kier molecular flexibility index (Phi) is 7.30. The lowest BCUT2D eigenvalue weighted by Crippen LogP contribution is -2.25. The van der Waals surface area contributed by atoms with Crippen molar-refractivity contribution in [1.29, 1.82) is 0 Å². The van der Waals surface area contributed by atoms with E-state index in [9.17, 15) is 0 Å². The smallest absolute Gasteiger partial charge is 0.0700 e. The van der Waals surface area contributed by atoms with Gasteiger partial charge >= 0.3 is 0 Å². The van der Waals surface area contributed by atoms with Gasteiger partial charge in [-0.2, -0.15) is 0 Å². The fourth-order valence-corrected chi connectivity index (χ4v) is 1.93. The van der Waals surface area contributed by atoms with Gasteiger partial charge in [0.05, 0.1) is 13.2 Å². The van der Waals surface area contributed by atoms with Crippen molar-refractivity contribution in [2.75, 3.05) is 50.7 Å². The van der Waals surface area contributed by atoms with Gasteiger partial charge in [0.1, 0.15) is 0 Å². The predicted octanol–water partition coefficient (Wildman–Crippen LogP) is 2.46. The number of ether oxygens (including phenoxy) is 2. The average molecular weight is 266 g/mol. The lowest BCUT2D eigenvalue weighted by molar-refractivity contribution is 0.0700. The zero-order chi connectivity index (χ0) is 14.1. The Bertz CT molecular complexity index is 369. The van der Waals surface area contributed by atoms with Gasteiger partial charge < -0.3 is 20.1 Å². The summed E-state index contributed by atoms with van der Waals surface area (Å²) in [5.41, 5.74) is 9.06. The second kappa shape index (κ2) is 8.77. The number of aryl methyl sites for hydroxylation is 1. The summed E-state index contributed by atoms with van der Waals surface area (Å²) in [5.74, 6) is 0. The molecule has 4 heteroatoms. The van der Waals surface area contributed by atoms with Crippen molar-refractivity contribution in [3.63, 3.8) is 0 Å². The molecule has 1 aromatic rings. The van der Waals surface area contributed by atoms with E-state index in [1.807, 2.05) is 13.0 Å². The SMILES string of the molecule is CCN(CCCOCCOC)c1ccc(N)c(C)c1. The zero-order valence-electron chi connectivity index (χ0n) is 12.3. The van der Waals surface area contributed by atoms with E-state index < -0.39 is 0 Å². The molecular formula is C15H26N2O2. The summed E-state index contributed by atoms with van der Waals surface area (Å²) in [5, 5.41) is 0. The molecule has 0 amide bonds. The Hall–Kier alpha value is -1.26. The minimum atomic E-state index is 0.661. The molecule has 0 radical (unpaired) electrons. The molecule has 0 spiro atoms. The number of benzene rings is 1. The molecule has 0 aromatic heterocycles. The Morgan fingerprint density at radius 3 is 2.63 bits per heavy atom. The van der Waals surface area contributed by atoms with Gasteiger partial charge in [0.2, 0.25) is 0 Å². The molecule has 2 N–H and O–H groups in total. The molecule has 0 heterocycles. The number of nitrogens with two attached hydrogens (primary N) is 1. The number of nitrogens with zero attached hydrogens (tertiary/aromatic N) is 1. The van der Waals surface area contributed by atoms with Crippen LogP contribution in [0.5, 0.6) is 0 Å². The molecule has 19 heavy (non-hydrogen) atoms. The highest BCUT2D eigenvalue weighted by Crippen LogP contribution is 2.20. The molecule has 0 aliphatic heterocycles. The van der Waals surface area contributed by atoms with Crippen LogP contribution in [0.4, 0.5) is 11.4 Å². The Morgan fingerprint density at radius 1 is 1.21 bits per heavy atom. The molecule has 0 atom stereocenters. The van der Waals surface area contributed by atoms with E-state index in [2.05, 4.69) is 24.0 Å². The third-order valence-electron chi connectivity index (χ3n) is 3.15. The van der Waals surface area contributed by atoms with Crippen LogP contribution < -0.4 is 10.6 Å². The first-order chi connectivity index (χ1) is 9.19. The van der Waals surface area contributed by atoms with E-state index in [-0.39, 0.29) is 0 Å². The van der Waals surface area contributed by atoms with Crippen molar-refractivity contribution in [2.45, 2.75) is 20.3 Å². The van der Waals surface area contributed by atoms with E-state index in [0.29, 0.717) is 13.2 Å². The number of anilines is 2. The lowest BCUT2D eigenvalue weighted by atomic mass is 10.1. The molecule has 1 aromatic carbocycles. The van der Waals surface area contributed by atoms with Crippen molar-refractivity contribution in [2.24, 2.45) is 0 Å². The summed E-state index contributed by atoms with van der Waals surface area (Å²) in [6.45, 7) is 8.29. The molecule has 0 bridgehead atoms. The van der Waals surface area contributed by atoms with Crippen LogP contribution in [-0.4, -0.2) is 40.0 Å². The minimum Gasteiger partial charge on any atom is -0.399 e. The van der Waals surface area contributed by atoms with Crippen molar-refractivity contribution in [3.8, 4) is 0 Å². The topological polar surface area (TPSA) is 47.7 Å². The van der Waals surface area contributed by atoms with Gasteiger partial charge in [-0.3, -0.25) is 0 Å². The summed E-state index contributed by atoms with van der Waals surface area (Å²) < 4.78 is 10.4. The first-order valence-corrected chi connectivity index (χ1v) is 6.86. The van der Waals surface area contributed by atoms with Crippen LogP contribution in [0, 0.1) is 6.92 Å². The van der Waals surface area contributed by atoms with Gasteiger partial charge in [0, 0.05) is 38.2 Å². The Labute approximate surface area is 116 Å². The van der Waals surface area contributed by atoms with E-state index in [4.69, 9.17) is 15.2 Å². The number of nitrogen functional groups attached to an aromatic ring is 1. The van der Waals surface area contributed by atoms with E-state index in [0.717, 1.165) is 37.4 Å². The molecule has 0 saturated carbocycles. The summed E-state index contributed by atoms with van der Waals surface area (Å²) >= 11 is 0. The highest BCUT2D eigenvalue weighted by molar-refractivity contribution is 5.57. The van der Waals surface area contributed by atoms with E-state index in [1.165, 1.54) is 5.69 Å². The van der Waals surface area contributed by atoms with Crippen LogP contribution in [0.3, 0.4) is 0 Å². The van der Waals surface area contributed by atoms with Crippen LogP contribution in [0.2, 0.25) is 0 Å². The maximum absolute atomic E-state index is 5.85. The van der Waals surface area contributed by atoms with Gasteiger partial charge in [-0.1, -0.05) is 0 Å². The van der Waals surface area contributed by atoms with Crippen molar-refractivity contribution in [3.05, 3.63) is 23.8 Å². The molecule has 4 nitrogen and oxygen atoms in total. The number of rotatable bonds is 9. The fourth-order valence-electron chi connectivity index (χ4n) is 1.93. The van der Waals surface area contributed by atoms with Gasteiger partial charge in [-0.25, -0.2) is 0 Å². The maximum Gasteiger partial charge on any atom is 0.0700 e. The Morgan fingerprint density at radius 2 is 2.00 bits per heavy atom. The third kappa shape index (κ3) is 5.49. The standard InChI is InChI=1S/C15H26N2O2/c1-4-17(8-5-9-19-11-10-18-3)14-6-7-15(16)13(2)12-14/h6-7,12H,4-5,8-11,16H2,1-3H3. The zero-order valence-corrected chi connectivity index (χ0v) is 12.3. The second-order valence-electron chi connectivity index (χ2n) is 4.58. The van der Waals surface area contributed by atoms with Gasteiger partial charge in [0.25, 0.3) is 0 Å². The maximum atomic E-state index is 5.85. The quantitative estimate of drug-likeness (QED) is 0.551. The normalized spacial score (nSPS) is 10.7. The largest absolute Gasteiger partial charge is 0.399 e. The summed E-state index contributed by atoms with van der Waals surface area (Å²) in [6, 6.07) is 6.20. The number of hydrogen-bond acceptors (Lipinski definition) is 4. The van der Waals surface area contributed by atoms with Gasteiger partial charge in [0.15, 0.2) is 0 Å². The van der Waals surface area contributed by atoms with Crippen LogP contribution in [0.15, 0.2) is 18.2 Å². The number of methoxy groups -OCH3 is 1. The highest BCUT2D eigenvalue weighted by Gasteiger charge is 2.05. The van der Waals surface area contributed by atoms with Crippen molar-refractivity contribution >= 4 is 11.4 Å². The average Bonchev–Trinajstić information content (AvgIpc) is 2.41. The van der Waals surface area contributed by atoms with Crippen LogP contribution in [0.1, 0.15) is 18.9 Å². The molecule has 0 unspecified atom stereocenters. The van der Waals surface area contributed by atoms with Crippen LogP contribution in [-0.2, 0) is 9.47 Å². The van der Waals surface area contributed by atoms with Crippen LogP contribution >= 0.6 is 0 Å². The fraction of sp³-hybridized carbons (Fsp3) is 0.600. The highest BCUT2D eigenvalue weighted by atomic mass is 16.5. The second-order valence-corrected chi connectivity index (χ2v) is 4.58. The predicted molar refractivity (Wildman–Crippen MR) is 80.8 cm³/mol. The molecule has 108 valence electrons. The number of hydrogen-bond donors (Lipinski definition) is 1.